The van der Waals surface area contributed by atoms with Crippen LogP contribution in [0, 0.1) is 5.82 Å². The van der Waals surface area contributed by atoms with Crippen LogP contribution in [0.3, 0.4) is 0 Å². The molecule has 3 rings (SSSR count). The number of halogens is 1. The fourth-order valence-corrected chi connectivity index (χ4v) is 3.33. The number of hydrogen-bond donors (Lipinski definition) is 1. The molecule has 0 aliphatic heterocycles. The number of nitrogens with one attached hydrogen (secondary N) is 1. The maximum atomic E-state index is 14.0. The average Bonchev–Trinajstić information content (AvgIpc) is 2.93. The summed E-state index contributed by atoms with van der Waals surface area (Å²) >= 11 is 1.53. The zero-order valence-corrected chi connectivity index (χ0v) is 12.5. The summed E-state index contributed by atoms with van der Waals surface area (Å²) in [6.45, 7) is 0.719. The number of nitrogens with zero attached hydrogens (tertiary/aromatic N) is 1. The Hall–Kier alpha value is -2.04. The highest BCUT2D eigenvalue weighted by atomic mass is 32.1. The Morgan fingerprint density at radius 3 is 2.48 bits per heavy atom. The van der Waals surface area contributed by atoms with Crippen LogP contribution in [0.15, 0.2) is 54.6 Å². The molecule has 1 aromatic heterocycles. The van der Waals surface area contributed by atoms with Crippen molar-refractivity contribution in [3.8, 4) is 21.8 Å². The van der Waals surface area contributed by atoms with Crippen molar-refractivity contribution in [3.63, 3.8) is 0 Å². The van der Waals surface area contributed by atoms with Gasteiger partial charge in [0.25, 0.3) is 0 Å². The van der Waals surface area contributed by atoms with Gasteiger partial charge >= 0.3 is 0 Å². The summed E-state index contributed by atoms with van der Waals surface area (Å²) in [6.07, 6.45) is 0. The molecule has 0 radical (unpaired) electrons. The predicted octanol–water partition coefficient (Wildman–Crippen LogP) is 4.34. The molecule has 0 spiro atoms. The number of rotatable bonds is 4. The maximum Gasteiger partial charge on any atom is 0.133 e. The fourth-order valence-electron chi connectivity index (χ4n) is 2.20. The van der Waals surface area contributed by atoms with E-state index in [-0.39, 0.29) is 5.82 Å². The standard InChI is InChI=1S/C17H15FN2S/c1-19-11-15-16(12-7-3-2-4-8-12)20-17(21-15)13-9-5-6-10-14(13)18/h2-10,19H,11H2,1H3. The van der Waals surface area contributed by atoms with Gasteiger partial charge in [0, 0.05) is 22.5 Å². The SMILES string of the molecule is CNCc1sc(-c2ccccc2F)nc1-c1ccccc1. The molecule has 2 aromatic carbocycles. The molecule has 0 unspecified atom stereocenters. The van der Waals surface area contributed by atoms with Crippen LogP contribution in [0.25, 0.3) is 21.8 Å². The van der Waals surface area contributed by atoms with E-state index >= 15 is 0 Å². The molecule has 0 aliphatic carbocycles. The first kappa shape index (κ1) is 13.9. The van der Waals surface area contributed by atoms with E-state index < -0.39 is 0 Å². The van der Waals surface area contributed by atoms with Gasteiger partial charge in [-0.25, -0.2) is 9.37 Å². The van der Waals surface area contributed by atoms with Crippen LogP contribution in [0.4, 0.5) is 4.39 Å². The minimum Gasteiger partial charge on any atom is -0.315 e. The average molecular weight is 298 g/mol. The lowest BCUT2D eigenvalue weighted by atomic mass is 10.1. The van der Waals surface area contributed by atoms with Crippen LogP contribution in [-0.2, 0) is 6.54 Å². The van der Waals surface area contributed by atoms with Crippen LogP contribution in [-0.4, -0.2) is 12.0 Å². The molecule has 3 aromatic rings. The molecule has 0 aliphatic rings. The van der Waals surface area contributed by atoms with E-state index in [9.17, 15) is 4.39 Å². The minimum absolute atomic E-state index is 0.234. The molecule has 0 saturated carbocycles. The van der Waals surface area contributed by atoms with Crippen molar-refractivity contribution in [2.24, 2.45) is 0 Å². The second kappa shape index (κ2) is 6.16. The van der Waals surface area contributed by atoms with Crippen molar-refractivity contribution in [2.75, 3.05) is 7.05 Å². The Kier molecular flexibility index (Phi) is 4.08. The zero-order valence-electron chi connectivity index (χ0n) is 11.6. The van der Waals surface area contributed by atoms with Gasteiger partial charge in [0.2, 0.25) is 0 Å². The van der Waals surface area contributed by atoms with Crippen molar-refractivity contribution in [2.45, 2.75) is 6.54 Å². The van der Waals surface area contributed by atoms with Crippen molar-refractivity contribution < 1.29 is 4.39 Å². The van der Waals surface area contributed by atoms with E-state index in [0.29, 0.717) is 5.56 Å². The fraction of sp³-hybridized carbons (Fsp3) is 0.118. The van der Waals surface area contributed by atoms with Gasteiger partial charge in [0.1, 0.15) is 10.8 Å². The van der Waals surface area contributed by atoms with Gasteiger partial charge in [-0.15, -0.1) is 11.3 Å². The molecule has 0 atom stereocenters. The lowest BCUT2D eigenvalue weighted by Crippen LogP contribution is -2.04. The predicted molar refractivity (Wildman–Crippen MR) is 85.7 cm³/mol. The van der Waals surface area contributed by atoms with Crippen LogP contribution in [0.2, 0.25) is 0 Å². The minimum atomic E-state index is -0.234. The van der Waals surface area contributed by atoms with Crippen molar-refractivity contribution in [1.29, 1.82) is 0 Å². The van der Waals surface area contributed by atoms with E-state index in [1.807, 2.05) is 43.4 Å². The topological polar surface area (TPSA) is 24.9 Å². The first-order chi connectivity index (χ1) is 10.3. The third kappa shape index (κ3) is 2.86. The Bertz CT molecular complexity index is 738. The molecule has 4 heteroatoms. The molecule has 0 bridgehead atoms. The smallest absolute Gasteiger partial charge is 0.133 e. The summed E-state index contributed by atoms with van der Waals surface area (Å²) in [5.74, 6) is -0.234. The molecule has 0 fully saturated rings. The highest BCUT2D eigenvalue weighted by Gasteiger charge is 2.15. The van der Waals surface area contributed by atoms with Crippen LogP contribution < -0.4 is 5.32 Å². The van der Waals surface area contributed by atoms with Crippen molar-refractivity contribution in [1.82, 2.24) is 10.3 Å². The third-order valence-electron chi connectivity index (χ3n) is 3.19. The largest absolute Gasteiger partial charge is 0.315 e. The zero-order chi connectivity index (χ0) is 14.7. The summed E-state index contributed by atoms with van der Waals surface area (Å²) in [7, 11) is 1.90. The van der Waals surface area contributed by atoms with Gasteiger partial charge in [-0.05, 0) is 19.2 Å². The number of hydrogen-bond acceptors (Lipinski definition) is 3. The van der Waals surface area contributed by atoms with Gasteiger partial charge in [0.15, 0.2) is 0 Å². The summed E-state index contributed by atoms with van der Waals surface area (Å²) in [6, 6.07) is 16.8. The van der Waals surface area contributed by atoms with E-state index in [4.69, 9.17) is 0 Å². The Labute approximate surface area is 127 Å². The van der Waals surface area contributed by atoms with Gasteiger partial charge in [0.05, 0.1) is 5.69 Å². The number of thiazole rings is 1. The summed E-state index contributed by atoms with van der Waals surface area (Å²) in [5.41, 5.74) is 2.54. The lowest BCUT2D eigenvalue weighted by Gasteiger charge is -2.00. The maximum absolute atomic E-state index is 14.0. The summed E-state index contributed by atoms with van der Waals surface area (Å²) in [5, 5.41) is 3.87. The Morgan fingerprint density at radius 1 is 1.05 bits per heavy atom. The third-order valence-corrected chi connectivity index (χ3v) is 4.27. The van der Waals surface area contributed by atoms with Gasteiger partial charge < -0.3 is 5.32 Å². The van der Waals surface area contributed by atoms with Crippen molar-refractivity contribution >= 4 is 11.3 Å². The highest BCUT2D eigenvalue weighted by Crippen LogP contribution is 2.34. The van der Waals surface area contributed by atoms with Crippen LogP contribution in [0.5, 0.6) is 0 Å². The molecule has 1 N–H and O–H groups in total. The van der Waals surface area contributed by atoms with E-state index in [1.54, 1.807) is 12.1 Å². The van der Waals surface area contributed by atoms with Crippen LogP contribution >= 0.6 is 11.3 Å². The quantitative estimate of drug-likeness (QED) is 0.775. The molecule has 0 saturated heterocycles. The van der Waals surface area contributed by atoms with E-state index in [2.05, 4.69) is 10.3 Å². The molecular weight excluding hydrogens is 283 g/mol. The van der Waals surface area contributed by atoms with Crippen LogP contribution in [0.1, 0.15) is 4.88 Å². The van der Waals surface area contributed by atoms with Gasteiger partial charge in [-0.1, -0.05) is 42.5 Å². The van der Waals surface area contributed by atoms with E-state index in [1.165, 1.54) is 17.4 Å². The molecule has 2 nitrogen and oxygen atoms in total. The summed E-state index contributed by atoms with van der Waals surface area (Å²) in [4.78, 5) is 5.78. The molecule has 106 valence electrons. The summed E-state index contributed by atoms with van der Waals surface area (Å²) < 4.78 is 14.0. The van der Waals surface area contributed by atoms with Gasteiger partial charge in [-0.2, -0.15) is 0 Å². The van der Waals surface area contributed by atoms with E-state index in [0.717, 1.165) is 27.7 Å². The monoisotopic (exact) mass is 298 g/mol. The molecule has 0 amide bonds. The Morgan fingerprint density at radius 2 is 1.76 bits per heavy atom. The number of aromatic nitrogens is 1. The molecular formula is C17H15FN2S. The first-order valence-electron chi connectivity index (χ1n) is 6.74. The number of benzene rings is 2. The lowest BCUT2D eigenvalue weighted by molar-refractivity contribution is 0.631. The second-order valence-electron chi connectivity index (χ2n) is 4.67. The molecule has 1 heterocycles. The highest BCUT2D eigenvalue weighted by molar-refractivity contribution is 7.15. The van der Waals surface area contributed by atoms with Gasteiger partial charge in [-0.3, -0.25) is 0 Å². The first-order valence-corrected chi connectivity index (χ1v) is 7.56. The second-order valence-corrected chi connectivity index (χ2v) is 5.75. The molecule has 21 heavy (non-hydrogen) atoms. The normalized spacial score (nSPS) is 10.8. The van der Waals surface area contributed by atoms with Crippen molar-refractivity contribution in [3.05, 3.63) is 65.3 Å². The Balaban J connectivity index is 2.11.